The molecule has 0 saturated heterocycles. The minimum absolute atomic E-state index is 0.835. The van der Waals surface area contributed by atoms with Crippen LogP contribution >= 0.6 is 0 Å². The lowest BCUT2D eigenvalue weighted by Crippen LogP contribution is -2.23. The molecule has 142 valence electrons. The molecular formula is C23H24N4O. The standard InChI is InChI=1S/C23H24N4O/c1-4-26(5-2)22-21-20(17-9-7-6-8-10-17)15-27(23(21)25-16-24-22)18-11-13-19(28-3)14-12-18/h6-16H,4-5H2,1-3H3. The lowest BCUT2D eigenvalue weighted by molar-refractivity contribution is 0.415. The lowest BCUT2D eigenvalue weighted by Gasteiger charge is -2.21. The second-order valence-electron chi connectivity index (χ2n) is 6.55. The van der Waals surface area contributed by atoms with Gasteiger partial charge in [0.25, 0.3) is 0 Å². The highest BCUT2D eigenvalue weighted by Gasteiger charge is 2.19. The Morgan fingerprint density at radius 1 is 0.929 bits per heavy atom. The van der Waals surface area contributed by atoms with Gasteiger partial charge in [-0.3, -0.25) is 0 Å². The van der Waals surface area contributed by atoms with Gasteiger partial charge in [0.15, 0.2) is 5.65 Å². The quantitative estimate of drug-likeness (QED) is 0.481. The van der Waals surface area contributed by atoms with Gasteiger partial charge < -0.3 is 14.2 Å². The summed E-state index contributed by atoms with van der Waals surface area (Å²) in [5.74, 6) is 1.81. The summed E-state index contributed by atoms with van der Waals surface area (Å²) in [5, 5.41) is 1.08. The van der Waals surface area contributed by atoms with Gasteiger partial charge in [0.05, 0.1) is 12.5 Å². The smallest absolute Gasteiger partial charge is 0.150 e. The Morgan fingerprint density at radius 3 is 2.29 bits per heavy atom. The first-order valence-corrected chi connectivity index (χ1v) is 9.57. The summed E-state index contributed by atoms with van der Waals surface area (Å²) < 4.78 is 7.44. The summed E-state index contributed by atoms with van der Waals surface area (Å²) in [4.78, 5) is 11.6. The summed E-state index contributed by atoms with van der Waals surface area (Å²) in [6.45, 7) is 6.09. The van der Waals surface area contributed by atoms with E-state index in [2.05, 4.69) is 63.7 Å². The van der Waals surface area contributed by atoms with Crippen molar-refractivity contribution in [3.8, 4) is 22.6 Å². The van der Waals surface area contributed by atoms with Crippen LogP contribution in [0.15, 0.2) is 67.1 Å². The highest BCUT2D eigenvalue weighted by molar-refractivity contribution is 6.02. The highest BCUT2D eigenvalue weighted by atomic mass is 16.5. The number of nitrogens with zero attached hydrogens (tertiary/aromatic N) is 4. The molecule has 0 atom stereocenters. The highest BCUT2D eigenvalue weighted by Crippen LogP contribution is 2.36. The van der Waals surface area contributed by atoms with Crippen LogP contribution in [-0.4, -0.2) is 34.7 Å². The summed E-state index contributed by atoms with van der Waals surface area (Å²) in [6.07, 6.45) is 3.81. The van der Waals surface area contributed by atoms with Crippen LogP contribution in [0.1, 0.15) is 13.8 Å². The summed E-state index contributed by atoms with van der Waals surface area (Å²) >= 11 is 0. The molecule has 0 bridgehead atoms. The van der Waals surface area contributed by atoms with Crippen molar-refractivity contribution in [2.24, 2.45) is 0 Å². The number of hydrogen-bond acceptors (Lipinski definition) is 4. The Kier molecular flexibility index (Phi) is 4.98. The molecule has 0 fully saturated rings. The molecule has 0 amide bonds. The van der Waals surface area contributed by atoms with Crippen LogP contribution in [-0.2, 0) is 0 Å². The number of rotatable bonds is 6. The van der Waals surface area contributed by atoms with Crippen LogP contribution in [0.2, 0.25) is 0 Å². The third-order valence-corrected chi connectivity index (χ3v) is 5.06. The SMILES string of the molecule is CCN(CC)c1ncnc2c1c(-c1ccccc1)cn2-c1ccc(OC)cc1. The normalized spacial score (nSPS) is 11.0. The van der Waals surface area contributed by atoms with E-state index in [1.54, 1.807) is 13.4 Å². The zero-order valence-electron chi connectivity index (χ0n) is 16.5. The molecular weight excluding hydrogens is 348 g/mol. The molecule has 5 heteroatoms. The van der Waals surface area contributed by atoms with Gasteiger partial charge >= 0.3 is 0 Å². The van der Waals surface area contributed by atoms with Gasteiger partial charge in [-0.05, 0) is 43.7 Å². The number of benzene rings is 2. The zero-order chi connectivity index (χ0) is 19.5. The van der Waals surface area contributed by atoms with Crippen molar-refractivity contribution < 1.29 is 4.74 Å². The molecule has 0 aliphatic heterocycles. The monoisotopic (exact) mass is 372 g/mol. The summed E-state index contributed by atoms with van der Waals surface area (Å²) in [6, 6.07) is 18.5. The van der Waals surface area contributed by atoms with Crippen molar-refractivity contribution in [3.63, 3.8) is 0 Å². The number of ether oxygens (including phenoxy) is 1. The molecule has 2 aromatic carbocycles. The van der Waals surface area contributed by atoms with Crippen molar-refractivity contribution in [1.82, 2.24) is 14.5 Å². The number of anilines is 1. The van der Waals surface area contributed by atoms with Crippen LogP contribution in [0.5, 0.6) is 5.75 Å². The lowest BCUT2D eigenvalue weighted by atomic mass is 10.1. The molecule has 4 rings (SSSR count). The van der Waals surface area contributed by atoms with Crippen LogP contribution in [0, 0.1) is 0 Å². The molecule has 0 radical (unpaired) electrons. The van der Waals surface area contributed by atoms with Gasteiger partial charge in [0.1, 0.15) is 17.9 Å². The number of fused-ring (bicyclic) bond motifs is 1. The Bertz CT molecular complexity index is 1070. The largest absolute Gasteiger partial charge is 0.497 e. The Hall–Kier alpha value is -3.34. The third kappa shape index (κ3) is 3.09. The maximum atomic E-state index is 5.31. The molecule has 0 unspecified atom stereocenters. The van der Waals surface area contributed by atoms with Crippen LogP contribution in [0.3, 0.4) is 0 Å². The minimum Gasteiger partial charge on any atom is -0.497 e. The predicted molar refractivity (Wildman–Crippen MR) is 114 cm³/mol. The third-order valence-electron chi connectivity index (χ3n) is 5.06. The van der Waals surface area contributed by atoms with E-state index < -0.39 is 0 Å². The van der Waals surface area contributed by atoms with E-state index in [4.69, 9.17) is 4.74 Å². The van der Waals surface area contributed by atoms with E-state index in [1.165, 1.54) is 0 Å². The fraction of sp³-hybridized carbons (Fsp3) is 0.217. The van der Waals surface area contributed by atoms with Crippen molar-refractivity contribution in [1.29, 1.82) is 0 Å². The minimum atomic E-state index is 0.835. The number of aromatic nitrogens is 3. The Morgan fingerprint density at radius 2 is 1.64 bits per heavy atom. The molecule has 5 nitrogen and oxygen atoms in total. The van der Waals surface area contributed by atoms with E-state index in [0.717, 1.165) is 52.5 Å². The van der Waals surface area contributed by atoms with Crippen molar-refractivity contribution in [3.05, 3.63) is 67.1 Å². The van der Waals surface area contributed by atoms with Crippen LogP contribution < -0.4 is 9.64 Å². The average Bonchev–Trinajstić information content (AvgIpc) is 3.16. The van der Waals surface area contributed by atoms with E-state index in [-0.39, 0.29) is 0 Å². The molecule has 0 aliphatic carbocycles. The van der Waals surface area contributed by atoms with Crippen molar-refractivity contribution >= 4 is 16.9 Å². The van der Waals surface area contributed by atoms with Crippen LogP contribution in [0.25, 0.3) is 27.8 Å². The topological polar surface area (TPSA) is 43.2 Å². The van der Waals surface area contributed by atoms with Gasteiger partial charge in [0.2, 0.25) is 0 Å². The van der Waals surface area contributed by atoms with E-state index >= 15 is 0 Å². The van der Waals surface area contributed by atoms with Gasteiger partial charge in [-0.1, -0.05) is 30.3 Å². The maximum Gasteiger partial charge on any atom is 0.150 e. The van der Waals surface area contributed by atoms with E-state index in [0.29, 0.717) is 0 Å². The Balaban J connectivity index is 2.00. The molecule has 0 aliphatic rings. The molecule has 0 spiro atoms. The molecule has 4 aromatic rings. The predicted octanol–water partition coefficient (Wildman–Crippen LogP) is 4.94. The molecule has 0 N–H and O–H groups in total. The van der Waals surface area contributed by atoms with Gasteiger partial charge in [-0.15, -0.1) is 0 Å². The van der Waals surface area contributed by atoms with Crippen molar-refractivity contribution in [2.45, 2.75) is 13.8 Å². The van der Waals surface area contributed by atoms with Gasteiger partial charge in [-0.2, -0.15) is 0 Å². The first-order valence-electron chi connectivity index (χ1n) is 9.57. The van der Waals surface area contributed by atoms with E-state index in [1.807, 2.05) is 30.3 Å². The van der Waals surface area contributed by atoms with Crippen molar-refractivity contribution in [2.75, 3.05) is 25.1 Å². The first kappa shape index (κ1) is 18.0. The first-order chi connectivity index (χ1) is 13.8. The second-order valence-corrected chi connectivity index (χ2v) is 6.55. The average molecular weight is 372 g/mol. The molecule has 2 aromatic heterocycles. The van der Waals surface area contributed by atoms with Gasteiger partial charge in [-0.25, -0.2) is 9.97 Å². The fourth-order valence-electron chi connectivity index (χ4n) is 3.58. The Labute approximate surface area is 165 Å². The molecule has 2 heterocycles. The van der Waals surface area contributed by atoms with Crippen LogP contribution in [0.4, 0.5) is 5.82 Å². The summed E-state index contributed by atoms with van der Waals surface area (Å²) in [5.41, 5.74) is 4.23. The maximum absolute atomic E-state index is 5.31. The zero-order valence-corrected chi connectivity index (χ0v) is 16.5. The van der Waals surface area contributed by atoms with E-state index in [9.17, 15) is 0 Å². The molecule has 28 heavy (non-hydrogen) atoms. The van der Waals surface area contributed by atoms with Gasteiger partial charge in [0, 0.05) is 30.5 Å². The number of methoxy groups -OCH3 is 1. The molecule has 0 saturated carbocycles. The number of hydrogen-bond donors (Lipinski definition) is 0. The summed E-state index contributed by atoms with van der Waals surface area (Å²) in [7, 11) is 1.68. The second kappa shape index (κ2) is 7.72. The fourth-order valence-corrected chi connectivity index (χ4v) is 3.58.